The summed E-state index contributed by atoms with van der Waals surface area (Å²) < 4.78 is 3.53. The zero-order valence-corrected chi connectivity index (χ0v) is 12.3. The van der Waals surface area contributed by atoms with E-state index in [2.05, 4.69) is 20.4 Å². The first kappa shape index (κ1) is 14.0. The summed E-state index contributed by atoms with van der Waals surface area (Å²) in [5.41, 5.74) is 0.486. The van der Waals surface area contributed by atoms with Crippen LogP contribution in [0.15, 0.2) is 49.3 Å². The predicted octanol–water partition coefficient (Wildman–Crippen LogP) is 2.30. The van der Waals surface area contributed by atoms with Gasteiger partial charge >= 0.3 is 0 Å². The molecule has 3 rings (SSSR count). The van der Waals surface area contributed by atoms with Crippen molar-refractivity contribution in [3.63, 3.8) is 0 Å². The molecule has 0 unspecified atom stereocenters. The molecule has 0 aliphatic heterocycles. The van der Waals surface area contributed by atoms with Gasteiger partial charge in [-0.2, -0.15) is 5.10 Å². The van der Waals surface area contributed by atoms with Crippen molar-refractivity contribution in [2.24, 2.45) is 0 Å². The average Bonchev–Trinajstić information content (AvgIpc) is 3.18. The van der Waals surface area contributed by atoms with Crippen molar-refractivity contribution < 1.29 is 4.79 Å². The van der Waals surface area contributed by atoms with Crippen LogP contribution in [0.1, 0.15) is 30.2 Å². The molecule has 1 N–H and O–H groups in total. The van der Waals surface area contributed by atoms with E-state index in [1.165, 1.54) is 0 Å². The van der Waals surface area contributed by atoms with Crippen LogP contribution in [0.2, 0.25) is 0 Å². The van der Waals surface area contributed by atoms with E-state index >= 15 is 0 Å². The zero-order chi connectivity index (χ0) is 15.5. The lowest BCUT2D eigenvalue weighted by molar-refractivity contribution is 0.102. The Balaban J connectivity index is 1.76. The molecule has 0 aromatic carbocycles. The van der Waals surface area contributed by atoms with Crippen LogP contribution < -0.4 is 5.32 Å². The number of carbonyl (C=O) groups is 1. The van der Waals surface area contributed by atoms with Gasteiger partial charge in [-0.1, -0.05) is 0 Å². The largest absolute Gasteiger partial charge is 0.307 e. The van der Waals surface area contributed by atoms with Gasteiger partial charge in [-0.3, -0.25) is 9.36 Å². The van der Waals surface area contributed by atoms with Crippen LogP contribution in [0.3, 0.4) is 0 Å². The van der Waals surface area contributed by atoms with Crippen LogP contribution >= 0.6 is 0 Å². The summed E-state index contributed by atoms with van der Waals surface area (Å²) in [6, 6.07) is 5.45. The van der Waals surface area contributed by atoms with E-state index in [0.29, 0.717) is 17.2 Å². The minimum atomic E-state index is -0.216. The number of imidazole rings is 1. The van der Waals surface area contributed by atoms with Crippen molar-refractivity contribution in [3.05, 3.63) is 54.9 Å². The molecule has 0 saturated carbocycles. The molecule has 22 heavy (non-hydrogen) atoms. The fraction of sp³-hybridized carbons (Fsp3) is 0.200. The van der Waals surface area contributed by atoms with Gasteiger partial charge in [0.25, 0.3) is 5.91 Å². The molecule has 0 aliphatic carbocycles. The van der Waals surface area contributed by atoms with Gasteiger partial charge in [-0.25, -0.2) is 14.6 Å². The van der Waals surface area contributed by atoms with Gasteiger partial charge in [-0.15, -0.1) is 0 Å². The van der Waals surface area contributed by atoms with Crippen LogP contribution in [-0.4, -0.2) is 30.2 Å². The molecule has 0 atom stereocenters. The van der Waals surface area contributed by atoms with Crippen molar-refractivity contribution in [2.75, 3.05) is 5.32 Å². The monoisotopic (exact) mass is 296 g/mol. The molecule has 0 radical (unpaired) electrons. The van der Waals surface area contributed by atoms with Gasteiger partial charge in [0.15, 0.2) is 0 Å². The molecule has 1 amide bonds. The molecular formula is C15H16N6O. The Kier molecular flexibility index (Phi) is 3.69. The second-order valence-corrected chi connectivity index (χ2v) is 5.08. The Morgan fingerprint density at radius 3 is 2.73 bits per heavy atom. The maximum absolute atomic E-state index is 12.3. The maximum atomic E-state index is 12.3. The smallest absolute Gasteiger partial charge is 0.258 e. The van der Waals surface area contributed by atoms with E-state index in [1.807, 2.05) is 13.8 Å². The molecule has 0 bridgehead atoms. The molecule has 112 valence electrons. The van der Waals surface area contributed by atoms with Gasteiger partial charge in [0.1, 0.15) is 18.0 Å². The number of pyridine rings is 1. The minimum absolute atomic E-state index is 0.173. The number of rotatable bonds is 4. The molecule has 3 aromatic heterocycles. The first-order valence-corrected chi connectivity index (χ1v) is 6.94. The third-order valence-electron chi connectivity index (χ3n) is 3.18. The number of hydrogen-bond donors (Lipinski definition) is 1. The highest BCUT2D eigenvalue weighted by Crippen LogP contribution is 2.14. The van der Waals surface area contributed by atoms with Gasteiger partial charge in [0, 0.05) is 30.7 Å². The molecule has 0 fully saturated rings. The second-order valence-electron chi connectivity index (χ2n) is 5.08. The number of carbonyl (C=O) groups excluding carboxylic acids is 1. The first-order chi connectivity index (χ1) is 10.6. The number of amides is 1. The highest BCUT2D eigenvalue weighted by atomic mass is 16.1. The van der Waals surface area contributed by atoms with Crippen LogP contribution in [0, 0.1) is 0 Å². The van der Waals surface area contributed by atoms with Crippen molar-refractivity contribution in [1.29, 1.82) is 0 Å². The van der Waals surface area contributed by atoms with Crippen molar-refractivity contribution in [1.82, 2.24) is 24.3 Å². The Hall–Kier alpha value is -2.96. The molecule has 0 aliphatic rings. The lowest BCUT2D eigenvalue weighted by atomic mass is 10.2. The molecule has 7 heteroatoms. The van der Waals surface area contributed by atoms with Gasteiger partial charge < -0.3 is 5.32 Å². The number of hydrogen-bond acceptors (Lipinski definition) is 4. The third kappa shape index (κ3) is 2.73. The lowest BCUT2D eigenvalue weighted by Crippen LogP contribution is -2.17. The van der Waals surface area contributed by atoms with Crippen molar-refractivity contribution >= 4 is 11.7 Å². The Labute approximate surface area is 127 Å². The summed E-state index contributed by atoms with van der Waals surface area (Å²) in [5, 5.41) is 7.03. The lowest BCUT2D eigenvalue weighted by Gasteiger charge is -2.11. The van der Waals surface area contributed by atoms with E-state index in [-0.39, 0.29) is 11.9 Å². The highest BCUT2D eigenvalue weighted by Gasteiger charge is 2.11. The average molecular weight is 296 g/mol. The first-order valence-electron chi connectivity index (χ1n) is 6.94. The third-order valence-corrected chi connectivity index (χ3v) is 3.18. The van der Waals surface area contributed by atoms with Crippen LogP contribution in [0.25, 0.3) is 5.82 Å². The summed E-state index contributed by atoms with van der Waals surface area (Å²) in [7, 11) is 0. The quantitative estimate of drug-likeness (QED) is 0.801. The van der Waals surface area contributed by atoms with Gasteiger partial charge in [-0.05, 0) is 26.0 Å². The molecular weight excluding hydrogens is 280 g/mol. The molecule has 0 saturated heterocycles. The van der Waals surface area contributed by atoms with Crippen LogP contribution in [0.5, 0.6) is 0 Å². The van der Waals surface area contributed by atoms with E-state index in [1.54, 1.807) is 58.6 Å². The summed E-state index contributed by atoms with van der Waals surface area (Å²) in [5.74, 6) is 1.16. The Morgan fingerprint density at radius 2 is 2.09 bits per heavy atom. The van der Waals surface area contributed by atoms with E-state index in [9.17, 15) is 4.79 Å². The predicted molar refractivity (Wildman–Crippen MR) is 81.9 cm³/mol. The second kappa shape index (κ2) is 5.80. The zero-order valence-electron chi connectivity index (χ0n) is 12.3. The van der Waals surface area contributed by atoms with Crippen LogP contribution in [-0.2, 0) is 0 Å². The van der Waals surface area contributed by atoms with Crippen LogP contribution in [0.4, 0.5) is 5.82 Å². The Morgan fingerprint density at radius 1 is 1.23 bits per heavy atom. The fourth-order valence-corrected chi connectivity index (χ4v) is 2.08. The van der Waals surface area contributed by atoms with E-state index in [0.717, 1.165) is 0 Å². The summed E-state index contributed by atoms with van der Waals surface area (Å²) >= 11 is 0. The van der Waals surface area contributed by atoms with Crippen molar-refractivity contribution in [2.45, 2.75) is 19.9 Å². The highest BCUT2D eigenvalue weighted by molar-refractivity contribution is 6.03. The topological polar surface area (TPSA) is 77.6 Å². The van der Waals surface area contributed by atoms with Gasteiger partial charge in [0.05, 0.1) is 11.8 Å². The SMILES string of the molecule is CC(C)n1nccc1NC(=O)c1ccc(-n2ccnc2)nc1. The number of aromatic nitrogens is 5. The van der Waals surface area contributed by atoms with E-state index < -0.39 is 0 Å². The van der Waals surface area contributed by atoms with Gasteiger partial charge in [0.2, 0.25) is 0 Å². The summed E-state index contributed by atoms with van der Waals surface area (Å²) in [6.45, 7) is 4.01. The molecule has 3 heterocycles. The standard InChI is InChI=1S/C15H16N6O/c1-11(2)21-14(5-6-18-21)19-15(22)12-3-4-13(17-9-12)20-8-7-16-10-20/h3-11H,1-2H3,(H,19,22). The van der Waals surface area contributed by atoms with Crippen molar-refractivity contribution in [3.8, 4) is 5.82 Å². The minimum Gasteiger partial charge on any atom is -0.307 e. The number of anilines is 1. The summed E-state index contributed by atoms with van der Waals surface area (Å²) in [6.07, 6.45) is 8.33. The Bertz CT molecular complexity index is 758. The molecule has 7 nitrogen and oxygen atoms in total. The van der Waals surface area contributed by atoms with E-state index in [4.69, 9.17) is 0 Å². The fourth-order valence-electron chi connectivity index (χ4n) is 2.08. The normalized spacial score (nSPS) is 10.9. The summed E-state index contributed by atoms with van der Waals surface area (Å²) in [4.78, 5) is 20.5. The molecule has 0 spiro atoms. The number of nitrogens with one attached hydrogen (secondary N) is 1. The molecule has 3 aromatic rings. The maximum Gasteiger partial charge on any atom is 0.258 e. The number of nitrogens with zero attached hydrogens (tertiary/aromatic N) is 5.